The molecule has 0 unspecified atom stereocenters. The van der Waals surface area contributed by atoms with Crippen LogP contribution in [0.4, 0.5) is 0 Å². The Hall–Kier alpha value is -2.56. The molecule has 142 valence electrons. The summed E-state index contributed by atoms with van der Waals surface area (Å²) in [5.41, 5.74) is 5.01. The second-order valence-corrected chi connectivity index (χ2v) is 7.76. The number of benzene rings is 1. The van der Waals surface area contributed by atoms with Crippen LogP contribution in [0, 0.1) is 0 Å². The minimum Gasteiger partial charge on any atom is -0.357 e. The summed E-state index contributed by atoms with van der Waals surface area (Å²) < 4.78 is 1.96. The first-order valence-electron chi connectivity index (χ1n) is 9.85. The normalized spacial score (nSPS) is 16.5. The SMILES string of the molecule is Cn1ccc(CC(=O)N2CCN(C(=O)Cc3ccc4c(c3)CCC4)CC2)c1. The third kappa shape index (κ3) is 4.07. The largest absolute Gasteiger partial charge is 0.357 e. The molecule has 2 aliphatic rings. The Labute approximate surface area is 160 Å². The number of hydrogen-bond acceptors (Lipinski definition) is 2. The number of amides is 2. The predicted octanol–water partition coefficient (Wildman–Crippen LogP) is 1.97. The molecule has 5 heteroatoms. The first kappa shape index (κ1) is 17.8. The fourth-order valence-corrected chi connectivity index (χ4v) is 4.18. The van der Waals surface area contributed by atoms with Crippen molar-refractivity contribution in [1.29, 1.82) is 0 Å². The Morgan fingerprint density at radius 3 is 2.11 bits per heavy atom. The lowest BCUT2D eigenvalue weighted by Crippen LogP contribution is -2.51. The van der Waals surface area contributed by atoms with Crippen LogP contribution in [-0.4, -0.2) is 52.4 Å². The molecular formula is C22H27N3O2. The van der Waals surface area contributed by atoms with E-state index >= 15 is 0 Å². The third-order valence-corrected chi connectivity index (χ3v) is 5.75. The monoisotopic (exact) mass is 365 g/mol. The molecular weight excluding hydrogens is 338 g/mol. The Balaban J connectivity index is 1.28. The molecule has 0 spiro atoms. The molecule has 2 heterocycles. The maximum absolute atomic E-state index is 12.7. The van der Waals surface area contributed by atoms with Crippen molar-refractivity contribution in [3.8, 4) is 0 Å². The number of nitrogens with zero attached hydrogens (tertiary/aromatic N) is 3. The van der Waals surface area contributed by atoms with Crippen LogP contribution in [0.2, 0.25) is 0 Å². The molecule has 27 heavy (non-hydrogen) atoms. The van der Waals surface area contributed by atoms with E-state index in [1.807, 2.05) is 39.9 Å². The van der Waals surface area contributed by atoms with Gasteiger partial charge >= 0.3 is 0 Å². The molecule has 0 saturated carbocycles. The molecule has 1 aliphatic carbocycles. The van der Waals surface area contributed by atoms with Crippen LogP contribution in [0.25, 0.3) is 0 Å². The molecule has 1 saturated heterocycles. The van der Waals surface area contributed by atoms with Crippen LogP contribution in [0.1, 0.15) is 28.7 Å². The molecule has 0 atom stereocenters. The van der Waals surface area contributed by atoms with E-state index in [9.17, 15) is 9.59 Å². The number of carbonyl (C=O) groups is 2. The number of piperazine rings is 1. The van der Waals surface area contributed by atoms with Gasteiger partial charge in [-0.15, -0.1) is 0 Å². The summed E-state index contributed by atoms with van der Waals surface area (Å²) in [6, 6.07) is 8.47. The molecule has 2 amide bonds. The van der Waals surface area contributed by atoms with Crippen molar-refractivity contribution in [2.75, 3.05) is 26.2 Å². The van der Waals surface area contributed by atoms with Crippen LogP contribution >= 0.6 is 0 Å². The summed E-state index contributed by atoms with van der Waals surface area (Å²) in [5.74, 6) is 0.315. The van der Waals surface area contributed by atoms with Crippen LogP contribution in [0.15, 0.2) is 36.7 Å². The summed E-state index contributed by atoms with van der Waals surface area (Å²) in [5, 5.41) is 0. The van der Waals surface area contributed by atoms with E-state index in [1.54, 1.807) is 0 Å². The van der Waals surface area contributed by atoms with Gasteiger partial charge in [0.2, 0.25) is 11.8 Å². The summed E-state index contributed by atoms with van der Waals surface area (Å²) in [4.78, 5) is 28.9. The molecule has 4 rings (SSSR count). The van der Waals surface area contributed by atoms with Crippen molar-refractivity contribution in [3.63, 3.8) is 0 Å². The highest BCUT2D eigenvalue weighted by atomic mass is 16.2. The quantitative estimate of drug-likeness (QED) is 0.832. The van der Waals surface area contributed by atoms with Crippen LogP contribution in [0.5, 0.6) is 0 Å². The van der Waals surface area contributed by atoms with Crippen LogP contribution in [-0.2, 0) is 42.3 Å². The maximum atomic E-state index is 12.7. The number of fused-ring (bicyclic) bond motifs is 1. The number of aromatic nitrogens is 1. The molecule has 0 bridgehead atoms. The lowest BCUT2D eigenvalue weighted by Gasteiger charge is -2.35. The molecule has 2 aromatic rings. The van der Waals surface area contributed by atoms with E-state index in [-0.39, 0.29) is 11.8 Å². The molecule has 5 nitrogen and oxygen atoms in total. The van der Waals surface area contributed by atoms with E-state index < -0.39 is 0 Å². The molecule has 1 fully saturated rings. The minimum atomic E-state index is 0.145. The number of aryl methyl sites for hydroxylation is 3. The average molecular weight is 365 g/mol. The highest BCUT2D eigenvalue weighted by Gasteiger charge is 2.24. The van der Waals surface area contributed by atoms with Gasteiger partial charge in [-0.3, -0.25) is 9.59 Å². The highest BCUT2D eigenvalue weighted by molar-refractivity contribution is 5.81. The van der Waals surface area contributed by atoms with Gasteiger partial charge in [-0.1, -0.05) is 18.2 Å². The van der Waals surface area contributed by atoms with E-state index in [0.29, 0.717) is 39.0 Å². The van der Waals surface area contributed by atoms with Gasteiger partial charge in [0.1, 0.15) is 0 Å². The second kappa shape index (κ2) is 7.59. The molecule has 0 N–H and O–H groups in total. The topological polar surface area (TPSA) is 45.6 Å². The zero-order valence-electron chi connectivity index (χ0n) is 16.0. The molecule has 1 aromatic heterocycles. The number of rotatable bonds is 4. The number of carbonyl (C=O) groups excluding carboxylic acids is 2. The number of hydrogen-bond donors (Lipinski definition) is 0. The summed E-state index contributed by atoms with van der Waals surface area (Å²) >= 11 is 0. The van der Waals surface area contributed by atoms with Gasteiger partial charge in [-0.05, 0) is 47.6 Å². The van der Waals surface area contributed by atoms with Gasteiger partial charge in [-0.25, -0.2) is 0 Å². The van der Waals surface area contributed by atoms with Crippen molar-refractivity contribution in [3.05, 3.63) is 58.9 Å². The molecule has 1 aliphatic heterocycles. The van der Waals surface area contributed by atoms with Gasteiger partial charge in [0.15, 0.2) is 0 Å². The first-order valence-corrected chi connectivity index (χ1v) is 9.85. The fourth-order valence-electron chi connectivity index (χ4n) is 4.18. The Morgan fingerprint density at radius 1 is 0.852 bits per heavy atom. The zero-order chi connectivity index (χ0) is 18.8. The fraction of sp³-hybridized carbons (Fsp3) is 0.455. The maximum Gasteiger partial charge on any atom is 0.227 e. The Morgan fingerprint density at radius 2 is 1.48 bits per heavy atom. The summed E-state index contributed by atoms with van der Waals surface area (Å²) in [7, 11) is 1.96. The van der Waals surface area contributed by atoms with Crippen LogP contribution < -0.4 is 0 Å². The van der Waals surface area contributed by atoms with Crippen molar-refractivity contribution >= 4 is 11.8 Å². The summed E-state index contributed by atoms with van der Waals surface area (Å²) in [6.45, 7) is 2.51. The van der Waals surface area contributed by atoms with E-state index in [1.165, 1.54) is 24.0 Å². The van der Waals surface area contributed by atoms with Crippen molar-refractivity contribution in [2.24, 2.45) is 7.05 Å². The van der Waals surface area contributed by atoms with Gasteiger partial charge in [0.25, 0.3) is 0 Å². The van der Waals surface area contributed by atoms with Crippen molar-refractivity contribution in [2.45, 2.75) is 32.1 Å². The minimum absolute atomic E-state index is 0.145. The van der Waals surface area contributed by atoms with Gasteiger partial charge in [0, 0.05) is 45.6 Å². The van der Waals surface area contributed by atoms with Gasteiger partial charge in [-0.2, -0.15) is 0 Å². The van der Waals surface area contributed by atoms with Crippen molar-refractivity contribution in [1.82, 2.24) is 14.4 Å². The van der Waals surface area contributed by atoms with E-state index in [0.717, 1.165) is 17.5 Å². The highest BCUT2D eigenvalue weighted by Crippen LogP contribution is 2.23. The molecule has 1 aromatic carbocycles. The van der Waals surface area contributed by atoms with E-state index in [4.69, 9.17) is 0 Å². The third-order valence-electron chi connectivity index (χ3n) is 5.75. The molecule has 0 radical (unpaired) electrons. The van der Waals surface area contributed by atoms with Crippen molar-refractivity contribution < 1.29 is 9.59 Å². The van der Waals surface area contributed by atoms with E-state index in [2.05, 4.69) is 18.2 Å². The van der Waals surface area contributed by atoms with Gasteiger partial charge < -0.3 is 14.4 Å². The smallest absolute Gasteiger partial charge is 0.227 e. The second-order valence-electron chi connectivity index (χ2n) is 7.76. The van der Waals surface area contributed by atoms with Gasteiger partial charge in [0.05, 0.1) is 12.8 Å². The zero-order valence-corrected chi connectivity index (χ0v) is 16.0. The predicted molar refractivity (Wildman–Crippen MR) is 104 cm³/mol. The lowest BCUT2D eigenvalue weighted by molar-refractivity contribution is -0.138. The van der Waals surface area contributed by atoms with Crippen LogP contribution in [0.3, 0.4) is 0 Å². The Bertz CT molecular complexity index is 847. The average Bonchev–Trinajstić information content (AvgIpc) is 3.30. The summed E-state index contributed by atoms with van der Waals surface area (Å²) in [6.07, 6.45) is 8.37. The Kier molecular flexibility index (Phi) is 5.01. The first-order chi connectivity index (χ1) is 13.1. The standard InChI is InChI=1S/C22H27N3O2/c1-23-8-7-18(16-23)15-22(27)25-11-9-24(10-12-25)21(26)14-17-5-6-19-3-2-4-20(19)13-17/h5-8,13,16H,2-4,9-12,14-15H2,1H3. The lowest BCUT2D eigenvalue weighted by atomic mass is 10.0.